The van der Waals surface area contributed by atoms with Gasteiger partial charge in [0.1, 0.15) is 5.75 Å². The van der Waals surface area contributed by atoms with Crippen molar-refractivity contribution in [3.8, 4) is 5.75 Å². The monoisotopic (exact) mass is 457 g/mol. The zero-order valence-corrected chi connectivity index (χ0v) is 20.1. The molecule has 5 heteroatoms. The normalized spacial score (nSPS) is 14.1. The molecule has 0 radical (unpaired) electrons. The summed E-state index contributed by atoms with van der Waals surface area (Å²) >= 11 is 1.32. The van der Waals surface area contributed by atoms with Crippen molar-refractivity contribution >= 4 is 34.8 Å². The van der Waals surface area contributed by atoms with E-state index in [2.05, 4.69) is 13.8 Å². The van der Waals surface area contributed by atoms with E-state index in [1.54, 1.807) is 0 Å². The molecule has 0 atom stereocenters. The molecule has 3 aromatic carbocycles. The van der Waals surface area contributed by atoms with Crippen LogP contribution >= 0.6 is 11.8 Å². The van der Waals surface area contributed by atoms with Crippen LogP contribution in [0.3, 0.4) is 0 Å². The molecule has 4 rings (SSSR count). The lowest BCUT2D eigenvalue weighted by atomic mass is 10.0. The SMILES string of the molecule is CC(C)Oc1ccc(C2=C(Sc3ccccc3)C(=O)N(c3ccc(C(C)C)cc3)C2=O)cc1. The van der Waals surface area contributed by atoms with E-state index in [-0.39, 0.29) is 17.9 Å². The summed E-state index contributed by atoms with van der Waals surface area (Å²) in [5, 5.41) is 0. The number of ether oxygens (including phenoxy) is 1. The second-order valence-electron chi connectivity index (χ2n) is 8.50. The van der Waals surface area contributed by atoms with Gasteiger partial charge in [-0.1, -0.05) is 68.1 Å². The summed E-state index contributed by atoms with van der Waals surface area (Å²) in [5.41, 5.74) is 2.85. The third kappa shape index (κ3) is 4.88. The van der Waals surface area contributed by atoms with Crippen LogP contribution < -0.4 is 9.64 Å². The van der Waals surface area contributed by atoms with E-state index in [1.165, 1.54) is 16.7 Å². The Morgan fingerprint density at radius 2 is 1.39 bits per heavy atom. The van der Waals surface area contributed by atoms with E-state index < -0.39 is 0 Å². The minimum atomic E-state index is -0.312. The molecule has 168 valence electrons. The molecular formula is C28H27NO3S. The third-order valence-electron chi connectivity index (χ3n) is 5.34. The fraction of sp³-hybridized carbons (Fsp3) is 0.214. The van der Waals surface area contributed by atoms with Crippen LogP contribution in [0.15, 0.2) is 88.7 Å². The molecule has 4 nitrogen and oxygen atoms in total. The van der Waals surface area contributed by atoms with Crippen molar-refractivity contribution in [2.45, 2.75) is 44.6 Å². The number of benzene rings is 3. The largest absolute Gasteiger partial charge is 0.491 e. The van der Waals surface area contributed by atoms with Gasteiger partial charge < -0.3 is 4.74 Å². The predicted molar refractivity (Wildman–Crippen MR) is 134 cm³/mol. The molecule has 0 saturated heterocycles. The average Bonchev–Trinajstić information content (AvgIpc) is 3.04. The van der Waals surface area contributed by atoms with E-state index in [0.717, 1.165) is 16.2 Å². The van der Waals surface area contributed by atoms with Gasteiger partial charge in [-0.25, -0.2) is 4.90 Å². The number of hydrogen-bond donors (Lipinski definition) is 0. The summed E-state index contributed by atoms with van der Waals surface area (Å²) in [4.78, 5) is 29.8. The molecule has 0 bridgehead atoms. The number of carbonyl (C=O) groups is 2. The summed E-state index contributed by atoms with van der Waals surface area (Å²) in [6.45, 7) is 8.16. The second-order valence-corrected chi connectivity index (χ2v) is 9.59. The molecule has 1 heterocycles. The number of amides is 2. The first kappa shape index (κ1) is 22.9. The lowest BCUT2D eigenvalue weighted by Crippen LogP contribution is -2.31. The molecule has 2 amide bonds. The Hall–Kier alpha value is -3.31. The topological polar surface area (TPSA) is 46.6 Å². The quantitative estimate of drug-likeness (QED) is 0.372. The number of anilines is 1. The third-order valence-corrected chi connectivity index (χ3v) is 6.43. The van der Waals surface area contributed by atoms with Gasteiger partial charge in [-0.3, -0.25) is 9.59 Å². The van der Waals surface area contributed by atoms with Crippen molar-refractivity contribution < 1.29 is 14.3 Å². The Kier molecular flexibility index (Phi) is 6.70. The smallest absolute Gasteiger partial charge is 0.272 e. The Labute approximate surface area is 199 Å². The van der Waals surface area contributed by atoms with Crippen LogP contribution in [0.25, 0.3) is 5.57 Å². The maximum absolute atomic E-state index is 13.6. The molecule has 0 aliphatic carbocycles. The first-order valence-corrected chi connectivity index (χ1v) is 11.9. The average molecular weight is 458 g/mol. The van der Waals surface area contributed by atoms with E-state index >= 15 is 0 Å². The molecule has 0 aromatic heterocycles. The molecule has 0 saturated carbocycles. The summed E-state index contributed by atoms with van der Waals surface area (Å²) in [6, 6.07) is 24.6. The highest BCUT2D eigenvalue weighted by molar-refractivity contribution is 8.04. The van der Waals surface area contributed by atoms with Gasteiger partial charge >= 0.3 is 0 Å². The van der Waals surface area contributed by atoms with E-state index in [4.69, 9.17) is 4.74 Å². The highest BCUT2D eigenvalue weighted by Gasteiger charge is 2.40. The van der Waals surface area contributed by atoms with Crippen LogP contribution in [0.4, 0.5) is 5.69 Å². The molecule has 0 fully saturated rings. The molecule has 33 heavy (non-hydrogen) atoms. The molecule has 1 aliphatic heterocycles. The minimum Gasteiger partial charge on any atom is -0.491 e. The number of thioether (sulfide) groups is 1. The van der Waals surface area contributed by atoms with Crippen LogP contribution in [-0.2, 0) is 9.59 Å². The Bertz CT molecular complexity index is 1180. The predicted octanol–water partition coefficient (Wildman–Crippen LogP) is 6.67. The van der Waals surface area contributed by atoms with Gasteiger partial charge in [0.15, 0.2) is 0 Å². The van der Waals surface area contributed by atoms with E-state index in [9.17, 15) is 9.59 Å². The minimum absolute atomic E-state index is 0.0539. The van der Waals surface area contributed by atoms with Crippen LogP contribution in [0.5, 0.6) is 5.75 Å². The molecule has 0 N–H and O–H groups in total. The first-order valence-electron chi connectivity index (χ1n) is 11.1. The Balaban J connectivity index is 1.74. The van der Waals surface area contributed by atoms with Gasteiger partial charge in [0.25, 0.3) is 11.8 Å². The van der Waals surface area contributed by atoms with Crippen molar-refractivity contribution in [2.24, 2.45) is 0 Å². The van der Waals surface area contributed by atoms with Crippen LogP contribution in [0.2, 0.25) is 0 Å². The van der Waals surface area contributed by atoms with Crippen molar-refractivity contribution in [1.29, 1.82) is 0 Å². The Morgan fingerprint density at radius 3 is 1.97 bits per heavy atom. The van der Waals surface area contributed by atoms with Gasteiger partial charge in [0, 0.05) is 4.90 Å². The number of carbonyl (C=O) groups excluding carboxylic acids is 2. The molecule has 0 spiro atoms. The number of rotatable bonds is 7. The molecule has 3 aromatic rings. The molecule has 1 aliphatic rings. The fourth-order valence-electron chi connectivity index (χ4n) is 3.68. The maximum atomic E-state index is 13.6. The summed E-state index contributed by atoms with van der Waals surface area (Å²) in [6.07, 6.45) is 0.0539. The molecule has 0 unspecified atom stereocenters. The van der Waals surface area contributed by atoms with Crippen LogP contribution in [0.1, 0.15) is 44.7 Å². The van der Waals surface area contributed by atoms with Gasteiger partial charge in [0.05, 0.1) is 22.3 Å². The zero-order chi connectivity index (χ0) is 23.5. The highest BCUT2D eigenvalue weighted by atomic mass is 32.2. The van der Waals surface area contributed by atoms with Gasteiger partial charge in [-0.2, -0.15) is 0 Å². The van der Waals surface area contributed by atoms with E-state index in [1.807, 2.05) is 92.7 Å². The summed E-state index contributed by atoms with van der Waals surface area (Å²) < 4.78 is 5.74. The van der Waals surface area contributed by atoms with Crippen molar-refractivity contribution in [1.82, 2.24) is 0 Å². The number of nitrogens with zero attached hydrogens (tertiary/aromatic N) is 1. The lowest BCUT2D eigenvalue weighted by molar-refractivity contribution is -0.119. The van der Waals surface area contributed by atoms with E-state index in [0.29, 0.717) is 27.6 Å². The molecular weight excluding hydrogens is 430 g/mol. The summed E-state index contributed by atoms with van der Waals surface area (Å²) in [5.74, 6) is 0.481. The Morgan fingerprint density at radius 1 is 0.758 bits per heavy atom. The number of imide groups is 1. The highest BCUT2D eigenvalue weighted by Crippen LogP contribution is 2.41. The van der Waals surface area contributed by atoms with Gasteiger partial charge in [0.2, 0.25) is 0 Å². The standard InChI is InChI=1S/C28H27NO3S/c1-18(2)20-10-14-22(15-11-20)29-27(30)25(21-12-16-23(17-13-21)32-19(3)4)26(28(29)31)33-24-8-6-5-7-9-24/h5-19H,1-4H3. The van der Waals surface area contributed by atoms with Crippen LogP contribution in [0, 0.1) is 0 Å². The van der Waals surface area contributed by atoms with Gasteiger partial charge in [-0.15, -0.1) is 0 Å². The second kappa shape index (κ2) is 9.67. The number of hydrogen-bond acceptors (Lipinski definition) is 4. The zero-order valence-electron chi connectivity index (χ0n) is 19.2. The maximum Gasteiger partial charge on any atom is 0.272 e. The summed E-state index contributed by atoms with van der Waals surface area (Å²) in [7, 11) is 0. The van der Waals surface area contributed by atoms with Crippen molar-refractivity contribution in [3.63, 3.8) is 0 Å². The van der Waals surface area contributed by atoms with Crippen molar-refractivity contribution in [3.05, 3.63) is 94.9 Å². The van der Waals surface area contributed by atoms with Crippen molar-refractivity contribution in [2.75, 3.05) is 4.90 Å². The van der Waals surface area contributed by atoms with Crippen LogP contribution in [-0.4, -0.2) is 17.9 Å². The van der Waals surface area contributed by atoms with Gasteiger partial charge in [-0.05, 0) is 67.3 Å². The fourth-order valence-corrected chi connectivity index (χ4v) is 4.70. The first-order chi connectivity index (χ1) is 15.8. The lowest BCUT2D eigenvalue weighted by Gasteiger charge is -2.16.